The Hall–Kier alpha value is -2.33. The van der Waals surface area contributed by atoms with Crippen LogP contribution in [0.1, 0.15) is 48.5 Å². The summed E-state index contributed by atoms with van der Waals surface area (Å²) in [5.74, 6) is -0.183. The molecule has 1 atom stereocenters. The molecule has 0 radical (unpaired) electrons. The van der Waals surface area contributed by atoms with Crippen molar-refractivity contribution < 1.29 is 13.2 Å². The topological polar surface area (TPSA) is 73.8 Å². The maximum absolute atomic E-state index is 13.6. The van der Waals surface area contributed by atoms with Crippen LogP contribution < -0.4 is 4.90 Å². The van der Waals surface area contributed by atoms with Crippen LogP contribution in [0.25, 0.3) is 10.2 Å². The normalized spacial score (nSPS) is 17.2. The highest BCUT2D eigenvalue weighted by molar-refractivity contribution is 7.89. The number of benzene rings is 2. The van der Waals surface area contributed by atoms with E-state index in [0.717, 1.165) is 41.5 Å². The number of nitrogens with zero attached hydrogens (tertiary/aromatic N) is 4. The van der Waals surface area contributed by atoms with E-state index in [1.807, 2.05) is 51.0 Å². The molecule has 1 aliphatic heterocycles. The summed E-state index contributed by atoms with van der Waals surface area (Å²) in [7, 11) is 0.344. The largest absolute Gasteiger partial charge is 0.308 e. The van der Waals surface area contributed by atoms with Crippen LogP contribution in [0.15, 0.2) is 47.4 Å². The Bertz CT molecular complexity index is 1290. The van der Waals surface area contributed by atoms with Crippen molar-refractivity contribution >= 4 is 42.6 Å². The molecule has 35 heavy (non-hydrogen) atoms. The molecule has 1 aliphatic rings. The maximum Gasteiger partial charge on any atom is 0.260 e. The SMILES string of the molecule is CCC1CCCCN1S(=O)(=O)c1ccc(C(=O)N(CCN(C)C)c2nc3c(C)cccc3s2)cc1. The van der Waals surface area contributed by atoms with Crippen LogP contribution in [0.3, 0.4) is 0 Å². The third-order valence-electron chi connectivity index (χ3n) is 6.61. The molecule has 0 bridgehead atoms. The number of fused-ring (bicyclic) bond motifs is 1. The Morgan fingerprint density at radius 2 is 1.86 bits per heavy atom. The van der Waals surface area contributed by atoms with E-state index in [0.29, 0.717) is 30.3 Å². The van der Waals surface area contributed by atoms with E-state index >= 15 is 0 Å². The molecule has 1 unspecified atom stereocenters. The van der Waals surface area contributed by atoms with Crippen LogP contribution in [0.2, 0.25) is 0 Å². The predicted octanol–water partition coefficient (Wildman–Crippen LogP) is 4.77. The molecule has 2 heterocycles. The van der Waals surface area contributed by atoms with Crippen LogP contribution in [0, 0.1) is 6.92 Å². The van der Waals surface area contributed by atoms with E-state index < -0.39 is 10.0 Å². The Balaban J connectivity index is 1.62. The summed E-state index contributed by atoms with van der Waals surface area (Å²) in [4.78, 5) is 22.3. The number of aryl methyl sites for hydroxylation is 1. The Morgan fingerprint density at radius 1 is 1.11 bits per heavy atom. The molecule has 2 aromatic carbocycles. The number of rotatable bonds is 8. The molecule has 0 spiro atoms. The molecule has 188 valence electrons. The molecule has 9 heteroatoms. The van der Waals surface area contributed by atoms with E-state index in [2.05, 4.69) is 0 Å². The second-order valence-electron chi connectivity index (χ2n) is 9.38. The number of anilines is 1. The molecular weight excluding hydrogens is 480 g/mol. The molecular formula is C26H34N4O3S2. The first-order valence-electron chi connectivity index (χ1n) is 12.2. The van der Waals surface area contributed by atoms with Gasteiger partial charge in [-0.15, -0.1) is 0 Å². The van der Waals surface area contributed by atoms with Gasteiger partial charge in [0.15, 0.2) is 5.13 Å². The number of hydrogen-bond acceptors (Lipinski definition) is 6. The first-order valence-corrected chi connectivity index (χ1v) is 14.4. The fraction of sp³-hybridized carbons (Fsp3) is 0.462. The van der Waals surface area contributed by atoms with Gasteiger partial charge in [-0.1, -0.05) is 36.8 Å². The molecule has 1 saturated heterocycles. The summed E-state index contributed by atoms with van der Waals surface area (Å²) in [6.07, 6.45) is 3.65. The Morgan fingerprint density at radius 3 is 2.51 bits per heavy atom. The molecule has 3 aromatic rings. The number of sulfonamides is 1. The number of aromatic nitrogens is 1. The van der Waals surface area contributed by atoms with E-state index in [1.54, 1.807) is 33.5 Å². The van der Waals surface area contributed by atoms with Gasteiger partial charge in [-0.2, -0.15) is 4.31 Å². The first-order chi connectivity index (χ1) is 16.7. The number of carbonyl (C=O) groups excluding carboxylic acids is 1. The molecule has 0 N–H and O–H groups in total. The number of hydrogen-bond donors (Lipinski definition) is 0. The summed E-state index contributed by atoms with van der Waals surface area (Å²) in [5.41, 5.74) is 2.43. The van der Waals surface area contributed by atoms with Gasteiger partial charge in [-0.25, -0.2) is 13.4 Å². The lowest BCUT2D eigenvalue weighted by molar-refractivity contribution is 0.0985. The quantitative estimate of drug-likeness (QED) is 0.433. The average molecular weight is 515 g/mol. The molecule has 7 nitrogen and oxygen atoms in total. The summed E-state index contributed by atoms with van der Waals surface area (Å²) in [6, 6.07) is 12.5. The van der Waals surface area contributed by atoms with Crippen molar-refractivity contribution in [1.29, 1.82) is 0 Å². The van der Waals surface area contributed by atoms with Gasteiger partial charge in [0.25, 0.3) is 5.91 Å². The maximum atomic E-state index is 13.6. The van der Waals surface area contributed by atoms with Gasteiger partial charge in [-0.3, -0.25) is 9.69 Å². The molecule has 4 rings (SSSR count). The van der Waals surface area contributed by atoms with Crippen LogP contribution >= 0.6 is 11.3 Å². The number of carbonyl (C=O) groups is 1. The summed E-state index contributed by atoms with van der Waals surface area (Å²) in [6.45, 7) is 5.77. The Kier molecular flexibility index (Phi) is 7.90. The van der Waals surface area contributed by atoms with Crippen LogP contribution in [-0.4, -0.2) is 68.3 Å². The number of amides is 1. The number of thiazole rings is 1. The average Bonchev–Trinajstić information content (AvgIpc) is 3.29. The van der Waals surface area contributed by atoms with Gasteiger partial charge in [-0.05, 0) is 76.2 Å². The third-order valence-corrected chi connectivity index (χ3v) is 9.62. The van der Waals surface area contributed by atoms with E-state index in [4.69, 9.17) is 4.98 Å². The minimum Gasteiger partial charge on any atom is -0.308 e. The predicted molar refractivity (Wildman–Crippen MR) is 143 cm³/mol. The van der Waals surface area contributed by atoms with Crippen molar-refractivity contribution in [2.24, 2.45) is 0 Å². The standard InChI is InChI=1S/C26H34N4O3S2/c1-5-21-10-6-7-16-30(21)35(32,33)22-14-12-20(13-15-22)25(31)29(18-17-28(3)4)26-27-24-19(2)9-8-11-23(24)34-26/h8-9,11-15,21H,5-7,10,16-18H2,1-4H3. The highest BCUT2D eigenvalue weighted by Gasteiger charge is 2.32. The Labute approximate surface area is 212 Å². The van der Waals surface area contributed by atoms with Crippen LogP contribution in [0.5, 0.6) is 0 Å². The summed E-state index contributed by atoms with van der Waals surface area (Å²) < 4.78 is 29.3. The molecule has 1 fully saturated rings. The third kappa shape index (κ3) is 5.43. The second-order valence-corrected chi connectivity index (χ2v) is 12.3. The number of likely N-dealkylation sites (N-methyl/N-ethyl adjacent to an activating group) is 1. The van der Waals surface area contributed by atoms with Crippen LogP contribution in [0.4, 0.5) is 5.13 Å². The van der Waals surface area contributed by atoms with Crippen LogP contribution in [-0.2, 0) is 10.0 Å². The van der Waals surface area contributed by atoms with Crippen molar-refractivity contribution in [1.82, 2.24) is 14.2 Å². The smallest absolute Gasteiger partial charge is 0.260 e. The van der Waals surface area contributed by atoms with Gasteiger partial charge in [0.1, 0.15) is 0 Å². The second kappa shape index (κ2) is 10.7. The lowest BCUT2D eigenvalue weighted by Gasteiger charge is -2.34. The number of piperidine rings is 1. The fourth-order valence-corrected chi connectivity index (χ4v) is 7.37. The first kappa shape index (κ1) is 25.8. The molecule has 0 saturated carbocycles. The van der Waals surface area contributed by atoms with Gasteiger partial charge < -0.3 is 4.90 Å². The fourth-order valence-electron chi connectivity index (χ4n) is 4.53. The van der Waals surface area contributed by atoms with Crippen molar-refractivity contribution in [3.8, 4) is 0 Å². The van der Waals surface area contributed by atoms with Gasteiger partial charge in [0.05, 0.1) is 15.1 Å². The van der Waals surface area contributed by atoms with Crippen molar-refractivity contribution in [3.05, 3.63) is 53.6 Å². The number of para-hydroxylation sites is 1. The van der Waals surface area contributed by atoms with Gasteiger partial charge in [0.2, 0.25) is 10.0 Å². The van der Waals surface area contributed by atoms with Gasteiger partial charge >= 0.3 is 0 Å². The van der Waals surface area contributed by atoms with E-state index in [1.165, 1.54) is 11.3 Å². The minimum atomic E-state index is -3.59. The summed E-state index contributed by atoms with van der Waals surface area (Å²) in [5, 5.41) is 0.650. The highest BCUT2D eigenvalue weighted by atomic mass is 32.2. The van der Waals surface area contributed by atoms with E-state index in [9.17, 15) is 13.2 Å². The van der Waals surface area contributed by atoms with Crippen molar-refractivity contribution in [2.45, 2.75) is 50.5 Å². The molecule has 0 aliphatic carbocycles. The van der Waals surface area contributed by atoms with Gasteiger partial charge in [0, 0.05) is 31.2 Å². The van der Waals surface area contributed by atoms with Crippen molar-refractivity contribution in [2.75, 3.05) is 38.6 Å². The zero-order valence-electron chi connectivity index (χ0n) is 20.9. The minimum absolute atomic E-state index is 0.0408. The lowest BCUT2D eigenvalue weighted by atomic mass is 10.0. The van der Waals surface area contributed by atoms with E-state index in [-0.39, 0.29) is 16.8 Å². The van der Waals surface area contributed by atoms with Crippen molar-refractivity contribution in [3.63, 3.8) is 0 Å². The molecule has 1 aromatic heterocycles. The monoisotopic (exact) mass is 514 g/mol. The highest BCUT2D eigenvalue weighted by Crippen LogP contribution is 2.32. The summed E-state index contributed by atoms with van der Waals surface area (Å²) >= 11 is 1.50. The zero-order valence-corrected chi connectivity index (χ0v) is 22.5. The lowest BCUT2D eigenvalue weighted by Crippen LogP contribution is -2.43. The zero-order chi connectivity index (χ0) is 25.2. The molecule has 1 amide bonds.